The molecule has 0 radical (unpaired) electrons. The summed E-state index contributed by atoms with van der Waals surface area (Å²) < 4.78 is 133. The predicted octanol–water partition coefficient (Wildman–Crippen LogP) is 2.89. The van der Waals surface area contributed by atoms with E-state index in [0.717, 1.165) is 0 Å². The first-order valence-corrected chi connectivity index (χ1v) is 6.53. The van der Waals surface area contributed by atoms with E-state index in [1.807, 2.05) is 0 Å². The molecule has 0 heterocycles. The van der Waals surface area contributed by atoms with E-state index in [0.29, 0.717) is 14.2 Å². The number of ether oxygens (including phenoxy) is 2. The first kappa shape index (κ1) is 19.8. The van der Waals surface area contributed by atoms with Gasteiger partial charge >= 0.3 is 6.99 Å². The van der Waals surface area contributed by atoms with E-state index >= 15 is 0 Å². The number of halogens is 9. The lowest BCUT2D eigenvalue weighted by Gasteiger charge is -2.15. The summed E-state index contributed by atoms with van der Waals surface area (Å²) in [5.74, 6) is -21.6. The zero-order valence-electron chi connectivity index (χ0n) is 12.8. The summed E-state index contributed by atoms with van der Waals surface area (Å²) >= 11 is 0. The van der Waals surface area contributed by atoms with Crippen LogP contribution in [-0.2, 0) is 0 Å². The molecule has 2 rings (SSSR count). The van der Waals surface area contributed by atoms with Crippen molar-refractivity contribution in [1.29, 1.82) is 0 Å². The third-order valence-corrected chi connectivity index (χ3v) is 3.43. The smallest absolute Gasteiger partial charge is 0.425 e. The average Bonchev–Trinajstić information content (AvgIpc) is 2.60. The van der Waals surface area contributed by atoms with Gasteiger partial charge < -0.3 is 13.8 Å². The lowest BCUT2D eigenvalue weighted by Crippen LogP contribution is -2.47. The normalized spacial score (nSPS) is 10.9. The van der Waals surface area contributed by atoms with Crippen molar-refractivity contribution in [2.24, 2.45) is 0 Å². The van der Waals surface area contributed by atoms with Crippen molar-refractivity contribution in [3.63, 3.8) is 0 Å². The fourth-order valence-electron chi connectivity index (χ4n) is 2.20. The Hall–Kier alpha value is -2.53. The fraction of sp³-hybridized carbons (Fsp3) is 0.143. The molecule has 140 valence electrons. The van der Waals surface area contributed by atoms with Crippen LogP contribution < -0.4 is 20.4 Å². The van der Waals surface area contributed by atoms with Crippen molar-refractivity contribution in [3.8, 4) is 11.5 Å². The third-order valence-electron chi connectivity index (χ3n) is 3.43. The molecule has 0 spiro atoms. The number of benzene rings is 2. The maximum Gasteiger partial charge on any atom is 0.425 e. The highest BCUT2D eigenvalue weighted by molar-refractivity contribution is 6.79. The molecule has 0 bridgehead atoms. The monoisotopic (exact) mass is 388 g/mol. The van der Waals surface area contributed by atoms with Gasteiger partial charge in [-0.3, -0.25) is 0 Å². The van der Waals surface area contributed by atoms with E-state index in [-0.39, 0.29) is 0 Å². The Morgan fingerprint density at radius 1 is 0.500 bits per heavy atom. The maximum atomic E-state index is 14.4. The molecule has 0 amide bonds. The van der Waals surface area contributed by atoms with Gasteiger partial charge in [-0.1, -0.05) is 0 Å². The van der Waals surface area contributed by atoms with Crippen LogP contribution in [0.25, 0.3) is 0 Å². The molecule has 0 aliphatic heterocycles. The van der Waals surface area contributed by atoms with E-state index in [1.165, 1.54) is 0 Å². The largest absolute Gasteiger partial charge is 0.491 e. The molecule has 0 unspecified atom stereocenters. The minimum atomic E-state index is -3.64. The van der Waals surface area contributed by atoms with Gasteiger partial charge in [0.2, 0.25) is 23.3 Å². The molecule has 2 aromatic carbocycles. The van der Waals surface area contributed by atoms with Crippen LogP contribution in [0.15, 0.2) is 0 Å². The van der Waals surface area contributed by atoms with Crippen molar-refractivity contribution in [1.82, 2.24) is 0 Å². The summed E-state index contributed by atoms with van der Waals surface area (Å²) in [4.78, 5) is 0. The van der Waals surface area contributed by atoms with E-state index in [4.69, 9.17) is 0 Å². The molecule has 0 aliphatic carbocycles. The average molecular weight is 388 g/mol. The van der Waals surface area contributed by atoms with Crippen LogP contribution in [-0.4, -0.2) is 21.2 Å². The second-order valence-electron chi connectivity index (χ2n) is 4.77. The minimum Gasteiger partial charge on any atom is -0.491 e. The molecule has 2 nitrogen and oxygen atoms in total. The Kier molecular flexibility index (Phi) is 5.33. The van der Waals surface area contributed by atoms with E-state index in [1.54, 1.807) is 0 Å². The Morgan fingerprint density at radius 2 is 0.731 bits per heavy atom. The highest BCUT2D eigenvalue weighted by atomic mass is 19.2. The third kappa shape index (κ3) is 2.73. The summed E-state index contributed by atoms with van der Waals surface area (Å²) in [7, 11) is 1.28. The molecule has 26 heavy (non-hydrogen) atoms. The van der Waals surface area contributed by atoms with Crippen LogP contribution in [0.2, 0.25) is 0 Å². The molecule has 12 heteroatoms. The standard InChI is InChI=1S/C14H6BF9O2/c1-25-13-9(20)5(16)3(6(17)10(13)21)15(24)4-7(18)11(22)14(26-2)12(23)8(4)19/h1-2H3. The second kappa shape index (κ2) is 7.00. The summed E-state index contributed by atoms with van der Waals surface area (Å²) in [5, 5.41) is 0. The fourth-order valence-corrected chi connectivity index (χ4v) is 2.20. The van der Waals surface area contributed by atoms with Crippen LogP contribution in [0.5, 0.6) is 11.5 Å². The summed E-state index contributed by atoms with van der Waals surface area (Å²) in [6.07, 6.45) is 0. The van der Waals surface area contributed by atoms with Gasteiger partial charge in [0.25, 0.3) is 0 Å². The van der Waals surface area contributed by atoms with Crippen molar-refractivity contribution in [2.75, 3.05) is 14.2 Å². The highest BCUT2D eigenvalue weighted by Crippen LogP contribution is 2.28. The van der Waals surface area contributed by atoms with Gasteiger partial charge in [-0.05, 0) is 0 Å². The van der Waals surface area contributed by atoms with Crippen LogP contribution in [0.3, 0.4) is 0 Å². The molecule has 0 fully saturated rings. The molecule has 0 aliphatic rings. The van der Waals surface area contributed by atoms with Gasteiger partial charge in [0.15, 0.2) is 34.8 Å². The quantitative estimate of drug-likeness (QED) is 0.456. The number of rotatable bonds is 4. The molecule has 0 atom stereocenters. The zero-order chi connectivity index (χ0) is 19.9. The molecule has 0 N–H and O–H groups in total. The molecule has 2 aromatic rings. The lowest BCUT2D eigenvalue weighted by atomic mass is 9.57. The van der Waals surface area contributed by atoms with Crippen molar-refractivity contribution < 1.29 is 48.9 Å². The number of hydrogen-bond donors (Lipinski definition) is 0. The topological polar surface area (TPSA) is 18.5 Å². The van der Waals surface area contributed by atoms with Crippen LogP contribution in [0.1, 0.15) is 0 Å². The van der Waals surface area contributed by atoms with Gasteiger partial charge in [0, 0.05) is 10.9 Å². The van der Waals surface area contributed by atoms with Crippen molar-refractivity contribution in [3.05, 3.63) is 46.5 Å². The summed E-state index contributed by atoms with van der Waals surface area (Å²) in [5.41, 5.74) is -4.27. The molecular formula is C14H6BF9O2. The van der Waals surface area contributed by atoms with Gasteiger partial charge in [-0.2, -0.15) is 17.6 Å². The molecule has 0 saturated heterocycles. The Balaban J connectivity index is 2.82. The Labute approximate surface area is 140 Å². The first-order valence-electron chi connectivity index (χ1n) is 6.53. The van der Waals surface area contributed by atoms with Gasteiger partial charge in [0.05, 0.1) is 14.2 Å². The maximum absolute atomic E-state index is 14.4. The summed E-state index contributed by atoms with van der Waals surface area (Å²) in [6.45, 7) is -3.64. The van der Waals surface area contributed by atoms with Crippen molar-refractivity contribution >= 4 is 17.9 Å². The van der Waals surface area contributed by atoms with Gasteiger partial charge in [-0.25, -0.2) is 17.6 Å². The molecular weight excluding hydrogens is 382 g/mol. The van der Waals surface area contributed by atoms with Gasteiger partial charge in [0.1, 0.15) is 0 Å². The summed E-state index contributed by atoms with van der Waals surface area (Å²) in [6, 6.07) is 0. The van der Waals surface area contributed by atoms with Crippen LogP contribution >= 0.6 is 0 Å². The zero-order valence-corrected chi connectivity index (χ0v) is 12.8. The van der Waals surface area contributed by atoms with E-state index < -0.39 is 76.0 Å². The number of hydrogen-bond acceptors (Lipinski definition) is 2. The van der Waals surface area contributed by atoms with E-state index in [9.17, 15) is 39.4 Å². The SMILES string of the molecule is COc1c(F)c(F)c(B(F)c2c(F)c(F)c(OC)c(F)c2F)c(F)c1F. The Morgan fingerprint density at radius 3 is 0.923 bits per heavy atom. The Bertz CT molecular complexity index is 758. The predicted molar refractivity (Wildman–Crippen MR) is 71.8 cm³/mol. The first-order chi connectivity index (χ1) is 12.1. The van der Waals surface area contributed by atoms with Gasteiger partial charge in [-0.15, -0.1) is 0 Å². The van der Waals surface area contributed by atoms with Crippen molar-refractivity contribution in [2.45, 2.75) is 0 Å². The van der Waals surface area contributed by atoms with Crippen LogP contribution in [0, 0.1) is 46.5 Å². The molecule has 0 saturated carbocycles. The highest BCUT2D eigenvalue weighted by Gasteiger charge is 2.41. The lowest BCUT2D eigenvalue weighted by molar-refractivity contribution is 0.334. The minimum absolute atomic E-state index is 0.639. The number of methoxy groups -OCH3 is 2. The second-order valence-corrected chi connectivity index (χ2v) is 4.77. The van der Waals surface area contributed by atoms with E-state index in [2.05, 4.69) is 9.47 Å². The molecule has 0 aromatic heterocycles. The van der Waals surface area contributed by atoms with Crippen LogP contribution in [0.4, 0.5) is 39.4 Å².